The van der Waals surface area contributed by atoms with Gasteiger partial charge < -0.3 is 24.5 Å². The summed E-state index contributed by atoms with van der Waals surface area (Å²) in [4.78, 5) is 12.1. The summed E-state index contributed by atoms with van der Waals surface area (Å²) in [5.41, 5.74) is 1.55. The molecule has 0 unspecified atom stereocenters. The Bertz CT molecular complexity index is 650. The molecule has 7 heteroatoms. The molecule has 2 atom stereocenters. The fraction of sp³-hybridized carbons (Fsp3) is 0.400. The molecule has 0 aliphatic carbocycles. The molecule has 22 heavy (non-hydrogen) atoms. The van der Waals surface area contributed by atoms with E-state index in [2.05, 4.69) is 5.32 Å². The number of hydrogen-bond donors (Lipinski definition) is 3. The number of ether oxygens (including phenoxy) is 1. The third kappa shape index (κ3) is 3.16. The first-order chi connectivity index (χ1) is 10.6. The Balaban J connectivity index is 1.72. The van der Waals surface area contributed by atoms with Crippen molar-refractivity contribution in [2.24, 2.45) is 0 Å². The van der Waals surface area contributed by atoms with E-state index in [9.17, 15) is 14.8 Å². The standard InChI is InChI=1S/C15H18BNO5/c18-15(13-6-3-7-21-13)17-14(16(19)20)8-10-9-22-12-5-2-1-4-11(10)12/h1-2,4-5,9,13-14,19-20H,3,6-8H2,(H,17,18)/t13-,14-/m0/s1. The number of furan rings is 1. The SMILES string of the molecule is O=C(N[C@@H](Cc1coc2ccccc12)B(O)O)[C@@H]1CCCO1. The molecule has 1 fully saturated rings. The van der Waals surface area contributed by atoms with E-state index < -0.39 is 19.2 Å². The van der Waals surface area contributed by atoms with Gasteiger partial charge in [0.1, 0.15) is 11.7 Å². The molecule has 0 bridgehead atoms. The van der Waals surface area contributed by atoms with Crippen molar-refractivity contribution in [3.8, 4) is 0 Å². The lowest BCUT2D eigenvalue weighted by atomic mass is 9.75. The van der Waals surface area contributed by atoms with E-state index >= 15 is 0 Å². The number of fused-ring (bicyclic) bond motifs is 1. The van der Waals surface area contributed by atoms with Crippen LogP contribution in [0.1, 0.15) is 18.4 Å². The Morgan fingerprint density at radius 3 is 2.95 bits per heavy atom. The molecule has 3 N–H and O–H groups in total. The molecule has 3 rings (SSSR count). The van der Waals surface area contributed by atoms with E-state index in [4.69, 9.17) is 9.15 Å². The van der Waals surface area contributed by atoms with Crippen LogP contribution in [0.25, 0.3) is 11.0 Å². The van der Waals surface area contributed by atoms with Crippen LogP contribution in [0, 0.1) is 0 Å². The second-order valence-electron chi connectivity index (χ2n) is 5.49. The van der Waals surface area contributed by atoms with Crippen LogP contribution in [-0.2, 0) is 16.0 Å². The van der Waals surface area contributed by atoms with Gasteiger partial charge in [-0.25, -0.2) is 0 Å². The first-order valence-electron chi connectivity index (χ1n) is 7.38. The highest BCUT2D eigenvalue weighted by molar-refractivity contribution is 6.43. The van der Waals surface area contributed by atoms with Crippen molar-refractivity contribution >= 4 is 24.0 Å². The van der Waals surface area contributed by atoms with Crippen molar-refractivity contribution in [3.05, 3.63) is 36.1 Å². The minimum atomic E-state index is -1.65. The molecular weight excluding hydrogens is 285 g/mol. The predicted octanol–water partition coefficient (Wildman–Crippen LogP) is 0.651. The molecule has 0 radical (unpaired) electrons. The first-order valence-corrected chi connectivity index (χ1v) is 7.38. The number of nitrogens with one attached hydrogen (secondary N) is 1. The smallest absolute Gasteiger partial charge is 0.464 e. The number of amides is 1. The van der Waals surface area contributed by atoms with Crippen molar-refractivity contribution in [1.82, 2.24) is 5.32 Å². The molecule has 1 amide bonds. The monoisotopic (exact) mass is 303 g/mol. The van der Waals surface area contributed by atoms with Gasteiger partial charge in [-0.15, -0.1) is 0 Å². The van der Waals surface area contributed by atoms with Crippen LogP contribution in [0.3, 0.4) is 0 Å². The summed E-state index contributed by atoms with van der Waals surface area (Å²) in [5, 5.41) is 22.6. The normalized spacial score (nSPS) is 19.3. The quantitative estimate of drug-likeness (QED) is 0.705. The summed E-state index contributed by atoms with van der Waals surface area (Å²) in [6, 6.07) is 7.49. The lowest BCUT2D eigenvalue weighted by molar-refractivity contribution is -0.130. The number of para-hydroxylation sites is 1. The average molecular weight is 303 g/mol. The van der Waals surface area contributed by atoms with Gasteiger partial charge in [-0.2, -0.15) is 0 Å². The number of carbonyl (C=O) groups is 1. The molecule has 1 aliphatic rings. The third-order valence-electron chi connectivity index (χ3n) is 3.91. The van der Waals surface area contributed by atoms with E-state index in [0.29, 0.717) is 13.0 Å². The topological polar surface area (TPSA) is 91.9 Å². The number of benzene rings is 1. The highest BCUT2D eigenvalue weighted by Gasteiger charge is 2.31. The third-order valence-corrected chi connectivity index (χ3v) is 3.91. The van der Waals surface area contributed by atoms with Crippen LogP contribution in [0.2, 0.25) is 0 Å². The van der Waals surface area contributed by atoms with Crippen LogP contribution in [-0.4, -0.2) is 41.7 Å². The van der Waals surface area contributed by atoms with Crippen LogP contribution in [0.15, 0.2) is 34.9 Å². The van der Waals surface area contributed by atoms with E-state index in [1.807, 2.05) is 24.3 Å². The summed E-state index contributed by atoms with van der Waals surface area (Å²) < 4.78 is 10.7. The summed E-state index contributed by atoms with van der Waals surface area (Å²) in [6.07, 6.45) is 2.86. The van der Waals surface area contributed by atoms with Gasteiger partial charge >= 0.3 is 7.12 Å². The Labute approximate surface area is 128 Å². The van der Waals surface area contributed by atoms with Gasteiger partial charge in [0.05, 0.1) is 12.2 Å². The molecule has 2 heterocycles. The number of hydrogen-bond acceptors (Lipinski definition) is 5. The fourth-order valence-corrected chi connectivity index (χ4v) is 2.72. The van der Waals surface area contributed by atoms with Crippen molar-refractivity contribution in [3.63, 3.8) is 0 Å². The maximum Gasteiger partial charge on any atom is 0.475 e. The zero-order valence-corrected chi connectivity index (χ0v) is 12.1. The largest absolute Gasteiger partial charge is 0.475 e. The average Bonchev–Trinajstić information content (AvgIpc) is 3.16. The van der Waals surface area contributed by atoms with Gasteiger partial charge in [-0.3, -0.25) is 4.79 Å². The Kier molecular flexibility index (Phi) is 4.47. The minimum Gasteiger partial charge on any atom is -0.464 e. The van der Waals surface area contributed by atoms with Crippen molar-refractivity contribution in [2.75, 3.05) is 6.61 Å². The molecule has 6 nitrogen and oxygen atoms in total. The van der Waals surface area contributed by atoms with Crippen LogP contribution in [0.4, 0.5) is 0 Å². The highest BCUT2D eigenvalue weighted by Crippen LogP contribution is 2.22. The highest BCUT2D eigenvalue weighted by atomic mass is 16.5. The Morgan fingerprint density at radius 1 is 1.41 bits per heavy atom. The molecule has 116 valence electrons. The van der Waals surface area contributed by atoms with Crippen LogP contribution >= 0.6 is 0 Å². The Hall–Kier alpha value is -1.83. The maximum atomic E-state index is 12.1. The summed E-state index contributed by atoms with van der Waals surface area (Å²) in [7, 11) is -1.65. The fourth-order valence-electron chi connectivity index (χ4n) is 2.72. The van der Waals surface area contributed by atoms with Gasteiger partial charge in [0, 0.05) is 12.0 Å². The molecule has 0 saturated carbocycles. The van der Waals surface area contributed by atoms with Gasteiger partial charge in [0.2, 0.25) is 5.91 Å². The van der Waals surface area contributed by atoms with E-state index in [0.717, 1.165) is 23.0 Å². The lowest BCUT2D eigenvalue weighted by Gasteiger charge is -2.19. The molecule has 0 spiro atoms. The molecule has 1 aliphatic heterocycles. The number of rotatable bonds is 5. The molecular formula is C15H18BNO5. The van der Waals surface area contributed by atoms with Gasteiger partial charge in [0.25, 0.3) is 0 Å². The van der Waals surface area contributed by atoms with E-state index in [1.165, 1.54) is 0 Å². The zero-order valence-electron chi connectivity index (χ0n) is 12.1. The summed E-state index contributed by atoms with van der Waals surface area (Å²) in [5.74, 6) is -1.11. The van der Waals surface area contributed by atoms with Crippen molar-refractivity contribution in [2.45, 2.75) is 31.3 Å². The molecule has 1 saturated heterocycles. The minimum absolute atomic E-state index is 0.271. The van der Waals surface area contributed by atoms with Crippen LogP contribution < -0.4 is 5.32 Å². The maximum absolute atomic E-state index is 12.1. The molecule has 2 aromatic rings. The number of carbonyl (C=O) groups excluding carboxylic acids is 1. The first kappa shape index (κ1) is 15.1. The van der Waals surface area contributed by atoms with Crippen molar-refractivity contribution in [1.29, 1.82) is 0 Å². The van der Waals surface area contributed by atoms with Gasteiger partial charge in [0.15, 0.2) is 0 Å². The summed E-state index contributed by atoms with van der Waals surface area (Å²) in [6.45, 7) is 0.566. The Morgan fingerprint density at radius 2 is 2.23 bits per heavy atom. The molecule has 1 aromatic heterocycles. The van der Waals surface area contributed by atoms with E-state index in [-0.39, 0.29) is 12.3 Å². The lowest BCUT2D eigenvalue weighted by Crippen LogP contribution is -2.50. The predicted molar refractivity (Wildman–Crippen MR) is 81.0 cm³/mol. The van der Waals surface area contributed by atoms with Crippen molar-refractivity contribution < 1.29 is 24.0 Å². The zero-order chi connectivity index (χ0) is 15.5. The van der Waals surface area contributed by atoms with Gasteiger partial charge in [-0.05, 0) is 30.9 Å². The van der Waals surface area contributed by atoms with Crippen LogP contribution in [0.5, 0.6) is 0 Å². The molecule has 1 aromatic carbocycles. The van der Waals surface area contributed by atoms with Gasteiger partial charge in [-0.1, -0.05) is 18.2 Å². The summed E-state index contributed by atoms with van der Waals surface area (Å²) >= 11 is 0. The second kappa shape index (κ2) is 6.52. The van der Waals surface area contributed by atoms with E-state index in [1.54, 1.807) is 6.26 Å². The second-order valence-corrected chi connectivity index (χ2v) is 5.49.